The highest BCUT2D eigenvalue weighted by Crippen LogP contribution is 2.52. The number of hydrogen-bond donors (Lipinski definition) is 0. The second-order valence-corrected chi connectivity index (χ2v) is 5.22. The van der Waals surface area contributed by atoms with Crippen molar-refractivity contribution in [1.29, 1.82) is 0 Å². The van der Waals surface area contributed by atoms with Gasteiger partial charge in [0, 0.05) is 4.92 Å². The maximum absolute atomic E-state index is 11.9. The van der Waals surface area contributed by atoms with Crippen LogP contribution in [0, 0.1) is 10.1 Å². The molecule has 1 unspecified atom stereocenters. The average Bonchev–Trinajstić information content (AvgIpc) is 2.03. The van der Waals surface area contributed by atoms with Crippen molar-refractivity contribution in [2.75, 3.05) is 19.8 Å². The van der Waals surface area contributed by atoms with Gasteiger partial charge < -0.3 is 9.05 Å². The van der Waals surface area contributed by atoms with Gasteiger partial charge in [0.05, 0.1) is 13.2 Å². The summed E-state index contributed by atoms with van der Waals surface area (Å²) in [5.41, 5.74) is -0.711. The smallest absolute Gasteiger partial charge is 0.309 e. The maximum Gasteiger partial charge on any atom is 0.340 e. The summed E-state index contributed by atoms with van der Waals surface area (Å²) in [5.74, 6) is 0. The van der Waals surface area contributed by atoms with E-state index in [1.54, 1.807) is 13.8 Å². The molecule has 0 fully saturated rings. The molecule has 0 radical (unpaired) electrons. The van der Waals surface area contributed by atoms with Crippen LogP contribution in [-0.2, 0) is 13.6 Å². The molecule has 0 N–H and O–H groups in total. The van der Waals surface area contributed by atoms with E-state index in [9.17, 15) is 14.7 Å². The molecule has 0 saturated carbocycles. The Hall–Kier alpha value is -0.450. The van der Waals surface area contributed by atoms with Crippen molar-refractivity contribution in [2.24, 2.45) is 0 Å². The van der Waals surface area contributed by atoms with Crippen LogP contribution >= 0.6 is 7.60 Å². The zero-order chi connectivity index (χ0) is 11.2. The van der Waals surface area contributed by atoms with Crippen molar-refractivity contribution in [1.82, 2.24) is 0 Å². The summed E-state index contributed by atoms with van der Waals surface area (Å²) in [6.45, 7) is 4.87. The van der Waals surface area contributed by atoms with Crippen molar-refractivity contribution in [3.8, 4) is 0 Å². The van der Waals surface area contributed by atoms with E-state index in [-0.39, 0.29) is 13.2 Å². The molecule has 0 aliphatic rings. The molecule has 0 bridgehead atoms. The molecule has 84 valence electrons. The second-order valence-electron chi connectivity index (χ2n) is 2.74. The average molecular weight is 225 g/mol. The zero-order valence-corrected chi connectivity index (χ0v) is 9.53. The summed E-state index contributed by atoms with van der Waals surface area (Å²) in [6, 6.07) is 0. The molecule has 0 amide bonds. The molecule has 0 saturated heterocycles. The van der Waals surface area contributed by atoms with Gasteiger partial charge in [0.2, 0.25) is 6.54 Å². The minimum absolute atomic E-state index is 0.222. The molecule has 7 heteroatoms. The third-order valence-electron chi connectivity index (χ3n) is 1.57. The van der Waals surface area contributed by atoms with Gasteiger partial charge in [0.1, 0.15) is 5.66 Å². The van der Waals surface area contributed by atoms with Gasteiger partial charge in [-0.3, -0.25) is 14.7 Å². The van der Waals surface area contributed by atoms with Crippen LogP contribution < -0.4 is 0 Å². The lowest BCUT2D eigenvalue weighted by atomic mass is 10.5. The molecule has 0 aromatic heterocycles. The molecule has 0 aromatic carbocycles. The molecule has 0 rings (SSSR count). The van der Waals surface area contributed by atoms with Gasteiger partial charge in [-0.05, 0) is 20.8 Å². The molecular formula is C7H16NO5P. The summed E-state index contributed by atoms with van der Waals surface area (Å²) in [4.78, 5) is 9.72. The number of nitrogens with zero attached hydrogens (tertiary/aromatic N) is 1. The highest BCUT2D eigenvalue weighted by molar-refractivity contribution is 7.54. The third kappa shape index (κ3) is 4.17. The van der Waals surface area contributed by atoms with Crippen molar-refractivity contribution in [2.45, 2.75) is 26.4 Å². The fourth-order valence-corrected chi connectivity index (χ4v) is 2.60. The van der Waals surface area contributed by atoms with Gasteiger partial charge >= 0.3 is 7.60 Å². The lowest BCUT2D eigenvalue weighted by Crippen LogP contribution is -2.19. The predicted molar refractivity (Wildman–Crippen MR) is 52.2 cm³/mol. The van der Waals surface area contributed by atoms with E-state index in [0.29, 0.717) is 0 Å². The monoisotopic (exact) mass is 225 g/mol. The van der Waals surface area contributed by atoms with Gasteiger partial charge in [-0.25, -0.2) is 0 Å². The highest BCUT2D eigenvalue weighted by Gasteiger charge is 2.35. The van der Waals surface area contributed by atoms with Crippen LogP contribution in [0.15, 0.2) is 0 Å². The largest absolute Gasteiger partial charge is 0.340 e. The summed E-state index contributed by atoms with van der Waals surface area (Å²) in [6.07, 6.45) is 0. The zero-order valence-electron chi connectivity index (χ0n) is 8.63. The first-order valence-corrected chi connectivity index (χ1v) is 6.08. The standard InChI is InChI=1S/C7H16NO5P/c1-4-12-14(11,13-5-2)7(3)6-8(9)10/h7H,4-6H2,1-3H3. The van der Waals surface area contributed by atoms with Gasteiger partial charge in [-0.2, -0.15) is 0 Å². The lowest BCUT2D eigenvalue weighted by Gasteiger charge is -2.20. The molecule has 0 spiro atoms. The SMILES string of the molecule is CCOP(=O)(OCC)C(C)C[N+](=O)[O-]. The molecule has 0 heterocycles. The first-order chi connectivity index (χ1) is 6.46. The minimum atomic E-state index is -3.31. The van der Waals surface area contributed by atoms with Crippen molar-refractivity contribution in [3.05, 3.63) is 10.1 Å². The van der Waals surface area contributed by atoms with E-state index >= 15 is 0 Å². The lowest BCUT2D eigenvalue weighted by molar-refractivity contribution is -0.479. The third-order valence-corrected chi connectivity index (χ3v) is 4.05. The van der Waals surface area contributed by atoms with E-state index in [4.69, 9.17) is 9.05 Å². The van der Waals surface area contributed by atoms with E-state index in [1.165, 1.54) is 6.92 Å². The quantitative estimate of drug-likeness (QED) is 0.375. The van der Waals surface area contributed by atoms with Crippen LogP contribution in [0.1, 0.15) is 20.8 Å². The van der Waals surface area contributed by atoms with E-state index in [2.05, 4.69) is 0 Å². The van der Waals surface area contributed by atoms with Gasteiger partial charge in [0.15, 0.2) is 0 Å². The molecule has 6 nitrogen and oxygen atoms in total. The van der Waals surface area contributed by atoms with Crippen molar-refractivity contribution < 1.29 is 18.5 Å². The Labute approximate surface area is 83.3 Å². The summed E-state index contributed by atoms with van der Waals surface area (Å²) >= 11 is 0. The summed E-state index contributed by atoms with van der Waals surface area (Å²) < 4.78 is 21.8. The second kappa shape index (κ2) is 6.11. The number of nitro groups is 1. The van der Waals surface area contributed by atoms with Crippen LogP contribution in [0.2, 0.25) is 0 Å². The van der Waals surface area contributed by atoms with Crippen LogP contribution in [-0.4, -0.2) is 30.3 Å². The maximum atomic E-state index is 11.9. The number of rotatable bonds is 7. The topological polar surface area (TPSA) is 78.7 Å². The molecule has 14 heavy (non-hydrogen) atoms. The van der Waals surface area contributed by atoms with Gasteiger partial charge in [-0.1, -0.05) is 0 Å². The Morgan fingerprint density at radius 2 is 1.79 bits per heavy atom. The summed E-state index contributed by atoms with van der Waals surface area (Å²) in [5, 5.41) is 10.2. The Morgan fingerprint density at radius 3 is 2.07 bits per heavy atom. The fourth-order valence-electron chi connectivity index (χ4n) is 0.967. The van der Waals surface area contributed by atoms with E-state index in [0.717, 1.165) is 0 Å². The first kappa shape index (κ1) is 13.5. The van der Waals surface area contributed by atoms with Gasteiger partial charge in [0.25, 0.3) is 0 Å². The van der Waals surface area contributed by atoms with Crippen LogP contribution in [0.25, 0.3) is 0 Å². The number of hydrogen-bond acceptors (Lipinski definition) is 5. The molecule has 0 aromatic rings. The van der Waals surface area contributed by atoms with E-state index < -0.39 is 24.7 Å². The van der Waals surface area contributed by atoms with Crippen molar-refractivity contribution in [3.63, 3.8) is 0 Å². The predicted octanol–water partition coefficient (Wildman–Crippen LogP) is 1.92. The molecular weight excluding hydrogens is 209 g/mol. The van der Waals surface area contributed by atoms with Crippen LogP contribution in [0.5, 0.6) is 0 Å². The van der Waals surface area contributed by atoms with Crippen molar-refractivity contribution >= 4 is 7.60 Å². The van der Waals surface area contributed by atoms with E-state index in [1.807, 2.05) is 0 Å². The van der Waals surface area contributed by atoms with Crippen LogP contribution in [0.3, 0.4) is 0 Å². The Bertz CT molecular complexity index is 222. The highest BCUT2D eigenvalue weighted by atomic mass is 31.2. The molecule has 1 atom stereocenters. The van der Waals surface area contributed by atoms with Gasteiger partial charge in [-0.15, -0.1) is 0 Å². The minimum Gasteiger partial charge on any atom is -0.309 e. The first-order valence-electron chi connectivity index (χ1n) is 4.46. The Morgan fingerprint density at radius 1 is 1.36 bits per heavy atom. The summed E-state index contributed by atoms with van der Waals surface area (Å²) in [7, 11) is -3.31. The normalized spacial score (nSPS) is 13.9. The molecule has 0 aliphatic carbocycles. The Kier molecular flexibility index (Phi) is 5.92. The fraction of sp³-hybridized carbons (Fsp3) is 1.00. The van der Waals surface area contributed by atoms with Crippen LogP contribution in [0.4, 0.5) is 0 Å². The Balaban J connectivity index is 4.46. The molecule has 0 aliphatic heterocycles.